The van der Waals surface area contributed by atoms with Crippen LogP contribution in [0.15, 0.2) is 78.2 Å². The van der Waals surface area contributed by atoms with E-state index < -0.39 is 0 Å². The van der Waals surface area contributed by atoms with Gasteiger partial charge in [0.05, 0.1) is 17.1 Å². The van der Waals surface area contributed by atoms with E-state index in [0.29, 0.717) is 38.5 Å². The summed E-state index contributed by atoms with van der Waals surface area (Å²) < 4.78 is 0. The smallest absolute Gasteiger partial charge is 0.210 e. The van der Waals surface area contributed by atoms with Crippen LogP contribution in [-0.2, 0) is 0 Å². The first-order valence-electron chi connectivity index (χ1n) is 8.70. The minimum absolute atomic E-state index is 0.0385. The number of pyridine rings is 2. The topological polar surface area (TPSA) is 81.5 Å². The van der Waals surface area contributed by atoms with Gasteiger partial charge in [-0.1, -0.05) is 35.5 Å². The third-order valence-electron chi connectivity index (χ3n) is 3.98. The predicted molar refractivity (Wildman–Crippen MR) is 113 cm³/mol. The number of hydrogen-bond acceptors (Lipinski definition) is 7. The van der Waals surface area contributed by atoms with Crippen LogP contribution in [0.5, 0.6) is 0 Å². The van der Waals surface area contributed by atoms with Crippen molar-refractivity contribution in [3.63, 3.8) is 0 Å². The number of carbonyl (C=O) groups excluding carboxylic acids is 1. The first kappa shape index (κ1) is 19.2. The van der Waals surface area contributed by atoms with Crippen LogP contribution in [0.4, 0.5) is 0 Å². The number of hydrogen-bond donors (Lipinski definition) is 0. The van der Waals surface area contributed by atoms with E-state index in [0.717, 1.165) is 0 Å². The highest BCUT2D eigenvalue weighted by Gasteiger charge is 2.16. The minimum Gasteiger partial charge on any atom is -0.293 e. The van der Waals surface area contributed by atoms with E-state index in [1.54, 1.807) is 36.7 Å². The Bertz CT molecular complexity index is 1120. The number of carbonyl (C=O) groups is 1. The summed E-state index contributed by atoms with van der Waals surface area (Å²) in [5.41, 5.74) is 3.01. The highest BCUT2D eigenvalue weighted by Crippen LogP contribution is 2.27. The van der Waals surface area contributed by atoms with Crippen LogP contribution < -0.4 is 0 Å². The number of thioether (sulfide) groups is 1. The summed E-state index contributed by atoms with van der Waals surface area (Å²) in [6.45, 7) is 0. The second-order valence-corrected chi connectivity index (χ2v) is 7.32. The molecule has 3 aromatic heterocycles. The van der Waals surface area contributed by atoms with Crippen molar-refractivity contribution in [2.45, 2.75) is 5.16 Å². The molecule has 0 aliphatic heterocycles. The van der Waals surface area contributed by atoms with Crippen molar-refractivity contribution in [1.82, 2.24) is 25.1 Å². The second-order valence-electron chi connectivity index (χ2n) is 5.94. The summed E-state index contributed by atoms with van der Waals surface area (Å²) in [4.78, 5) is 25.7. The molecule has 4 rings (SSSR count). The lowest BCUT2D eigenvalue weighted by molar-refractivity contribution is 0.102. The summed E-state index contributed by atoms with van der Waals surface area (Å²) in [5, 5.41) is 9.49. The van der Waals surface area contributed by atoms with Crippen molar-refractivity contribution in [2.75, 3.05) is 5.75 Å². The summed E-state index contributed by atoms with van der Waals surface area (Å²) >= 11 is 7.10. The fourth-order valence-electron chi connectivity index (χ4n) is 2.58. The van der Waals surface area contributed by atoms with Crippen LogP contribution in [0, 0.1) is 0 Å². The average molecular weight is 420 g/mol. The number of halogens is 1. The molecule has 29 heavy (non-hydrogen) atoms. The first-order chi connectivity index (χ1) is 14.2. The molecule has 0 spiro atoms. The predicted octanol–water partition coefficient (Wildman–Crippen LogP) is 4.62. The Morgan fingerprint density at radius 2 is 1.48 bits per heavy atom. The number of ketones is 1. The highest BCUT2D eigenvalue weighted by molar-refractivity contribution is 7.99. The van der Waals surface area contributed by atoms with Gasteiger partial charge in [0.1, 0.15) is 11.4 Å². The molecule has 0 saturated heterocycles. The van der Waals surface area contributed by atoms with Gasteiger partial charge in [-0.3, -0.25) is 14.8 Å². The van der Waals surface area contributed by atoms with Crippen LogP contribution >= 0.6 is 23.4 Å². The SMILES string of the molecule is O=C(CSc1nnc(-c2ccccn2)c(-c2ccccn2)n1)c1ccc(Cl)cc1. The van der Waals surface area contributed by atoms with Gasteiger partial charge in [-0.05, 0) is 48.5 Å². The molecule has 0 unspecified atom stereocenters. The van der Waals surface area contributed by atoms with Gasteiger partial charge in [-0.2, -0.15) is 0 Å². The summed E-state index contributed by atoms with van der Waals surface area (Å²) in [6, 6.07) is 17.9. The molecule has 0 amide bonds. The van der Waals surface area contributed by atoms with Gasteiger partial charge in [0.2, 0.25) is 5.16 Å². The molecule has 0 N–H and O–H groups in total. The van der Waals surface area contributed by atoms with Crippen LogP contribution in [0.25, 0.3) is 22.8 Å². The van der Waals surface area contributed by atoms with Gasteiger partial charge < -0.3 is 0 Å². The van der Waals surface area contributed by atoms with E-state index in [2.05, 4.69) is 25.1 Å². The Balaban J connectivity index is 1.62. The van der Waals surface area contributed by atoms with E-state index in [-0.39, 0.29) is 11.5 Å². The maximum absolute atomic E-state index is 12.4. The molecule has 8 heteroatoms. The molecular formula is C21H14ClN5OS. The zero-order valence-electron chi connectivity index (χ0n) is 15.1. The van der Waals surface area contributed by atoms with Crippen LogP contribution in [0.3, 0.4) is 0 Å². The molecule has 142 valence electrons. The molecule has 0 saturated carbocycles. The van der Waals surface area contributed by atoms with Crippen LogP contribution in [-0.4, -0.2) is 36.7 Å². The average Bonchev–Trinajstić information content (AvgIpc) is 2.79. The molecule has 0 radical (unpaired) electrons. The first-order valence-corrected chi connectivity index (χ1v) is 10.1. The fourth-order valence-corrected chi connectivity index (χ4v) is 3.39. The van der Waals surface area contributed by atoms with E-state index in [9.17, 15) is 4.79 Å². The molecule has 3 heterocycles. The molecule has 0 aliphatic carbocycles. The Hall–Kier alpha value is -3.16. The minimum atomic E-state index is -0.0385. The molecule has 6 nitrogen and oxygen atoms in total. The number of nitrogens with zero attached hydrogens (tertiary/aromatic N) is 5. The Morgan fingerprint density at radius 3 is 2.10 bits per heavy atom. The number of aromatic nitrogens is 5. The van der Waals surface area contributed by atoms with Gasteiger partial charge >= 0.3 is 0 Å². The maximum atomic E-state index is 12.4. The van der Waals surface area contributed by atoms with Crippen LogP contribution in [0.1, 0.15) is 10.4 Å². The number of Topliss-reactive ketones (excluding diaryl/α,β-unsaturated/α-hetero) is 1. The standard InChI is InChI=1S/C21H14ClN5OS/c22-15-9-7-14(8-10-15)18(28)13-29-21-25-19(16-5-1-3-11-23-16)20(26-27-21)17-6-2-4-12-24-17/h1-12H,13H2. The lowest BCUT2D eigenvalue weighted by Gasteiger charge is -2.08. The van der Waals surface area contributed by atoms with Crippen molar-refractivity contribution in [3.05, 3.63) is 83.6 Å². The second kappa shape index (κ2) is 8.89. The molecular weight excluding hydrogens is 406 g/mol. The van der Waals surface area contributed by atoms with E-state index in [1.165, 1.54) is 11.8 Å². The van der Waals surface area contributed by atoms with Gasteiger partial charge in [-0.15, -0.1) is 10.2 Å². The quantitative estimate of drug-likeness (QED) is 0.333. The molecule has 0 atom stereocenters. The van der Waals surface area contributed by atoms with E-state index >= 15 is 0 Å². The van der Waals surface area contributed by atoms with Crippen molar-refractivity contribution in [3.8, 4) is 22.8 Å². The van der Waals surface area contributed by atoms with Crippen molar-refractivity contribution < 1.29 is 4.79 Å². The molecule has 4 aromatic rings. The van der Waals surface area contributed by atoms with E-state index in [4.69, 9.17) is 11.6 Å². The zero-order chi connectivity index (χ0) is 20.1. The highest BCUT2D eigenvalue weighted by atomic mass is 35.5. The summed E-state index contributed by atoms with van der Waals surface area (Å²) in [6.07, 6.45) is 3.38. The summed E-state index contributed by atoms with van der Waals surface area (Å²) in [5.74, 6) is 0.150. The molecule has 0 fully saturated rings. The van der Waals surface area contributed by atoms with Gasteiger partial charge in [0, 0.05) is 23.0 Å². The number of benzene rings is 1. The van der Waals surface area contributed by atoms with E-state index in [1.807, 2.05) is 36.4 Å². The van der Waals surface area contributed by atoms with Gasteiger partial charge in [-0.25, -0.2) is 4.98 Å². The van der Waals surface area contributed by atoms with Gasteiger partial charge in [0.25, 0.3) is 0 Å². The van der Waals surface area contributed by atoms with Crippen molar-refractivity contribution in [2.24, 2.45) is 0 Å². The summed E-state index contributed by atoms with van der Waals surface area (Å²) in [7, 11) is 0. The van der Waals surface area contributed by atoms with Crippen molar-refractivity contribution >= 4 is 29.1 Å². The Labute approximate surface area is 176 Å². The molecule has 0 aliphatic rings. The zero-order valence-corrected chi connectivity index (χ0v) is 16.6. The lowest BCUT2D eigenvalue weighted by Crippen LogP contribution is -2.05. The fraction of sp³-hybridized carbons (Fsp3) is 0.0476. The lowest BCUT2D eigenvalue weighted by atomic mass is 10.1. The monoisotopic (exact) mass is 419 g/mol. The largest absolute Gasteiger partial charge is 0.293 e. The third-order valence-corrected chi connectivity index (χ3v) is 5.07. The van der Waals surface area contributed by atoms with Crippen LogP contribution in [0.2, 0.25) is 5.02 Å². The molecule has 0 bridgehead atoms. The molecule has 1 aromatic carbocycles. The number of rotatable bonds is 6. The normalized spacial score (nSPS) is 10.7. The Morgan fingerprint density at radius 1 is 0.828 bits per heavy atom. The van der Waals surface area contributed by atoms with Crippen molar-refractivity contribution in [1.29, 1.82) is 0 Å². The van der Waals surface area contributed by atoms with Gasteiger partial charge in [0.15, 0.2) is 5.78 Å². The maximum Gasteiger partial charge on any atom is 0.210 e. The third kappa shape index (κ3) is 4.64. The Kier molecular flexibility index (Phi) is 5.88.